The fraction of sp³-hybridized carbons (Fsp3) is 0.500. The Bertz CT molecular complexity index is 493. The standard InChI is InChI=1S/C14H20FN3O2/c1-10-8-18(5-2-6-20-10)9-12-4-3-11(7-13(12)15)14(16)17-19/h3-4,7,10,19H,2,5-6,8-9H2,1H3,(H2,16,17). The fourth-order valence-electron chi connectivity index (χ4n) is 2.36. The first-order valence-electron chi connectivity index (χ1n) is 6.70. The van der Waals surface area contributed by atoms with Crippen molar-refractivity contribution in [1.29, 1.82) is 0 Å². The Labute approximate surface area is 117 Å². The quantitative estimate of drug-likeness (QED) is 0.381. The molecular formula is C14H20FN3O2. The molecule has 0 spiro atoms. The highest BCUT2D eigenvalue weighted by Crippen LogP contribution is 2.15. The van der Waals surface area contributed by atoms with Gasteiger partial charge in [0.1, 0.15) is 5.82 Å². The molecule has 110 valence electrons. The molecule has 5 nitrogen and oxygen atoms in total. The lowest BCUT2D eigenvalue weighted by Crippen LogP contribution is -2.30. The van der Waals surface area contributed by atoms with E-state index in [0.717, 1.165) is 26.1 Å². The lowest BCUT2D eigenvalue weighted by atomic mass is 10.1. The van der Waals surface area contributed by atoms with Crippen LogP contribution in [0.1, 0.15) is 24.5 Å². The molecule has 0 aliphatic carbocycles. The third-order valence-corrected chi connectivity index (χ3v) is 3.39. The predicted octanol–water partition coefficient (Wildman–Crippen LogP) is 1.53. The summed E-state index contributed by atoms with van der Waals surface area (Å²) >= 11 is 0. The lowest BCUT2D eigenvalue weighted by molar-refractivity contribution is 0.0666. The minimum absolute atomic E-state index is 0.0905. The van der Waals surface area contributed by atoms with Crippen molar-refractivity contribution in [3.8, 4) is 0 Å². The molecule has 1 heterocycles. The number of ether oxygens (including phenoxy) is 1. The smallest absolute Gasteiger partial charge is 0.170 e. The van der Waals surface area contributed by atoms with Gasteiger partial charge in [-0.3, -0.25) is 4.90 Å². The molecule has 1 aromatic rings. The van der Waals surface area contributed by atoms with E-state index in [1.807, 2.05) is 6.92 Å². The van der Waals surface area contributed by atoms with E-state index in [4.69, 9.17) is 15.7 Å². The van der Waals surface area contributed by atoms with Crippen LogP contribution in [-0.4, -0.2) is 41.7 Å². The van der Waals surface area contributed by atoms with Crippen molar-refractivity contribution in [1.82, 2.24) is 4.90 Å². The van der Waals surface area contributed by atoms with Crippen LogP contribution in [0.4, 0.5) is 4.39 Å². The Morgan fingerprint density at radius 2 is 2.40 bits per heavy atom. The number of nitrogens with zero attached hydrogens (tertiary/aromatic N) is 2. The zero-order valence-corrected chi connectivity index (χ0v) is 11.6. The third-order valence-electron chi connectivity index (χ3n) is 3.39. The monoisotopic (exact) mass is 281 g/mol. The van der Waals surface area contributed by atoms with Crippen LogP contribution in [0.5, 0.6) is 0 Å². The van der Waals surface area contributed by atoms with E-state index in [0.29, 0.717) is 17.7 Å². The maximum atomic E-state index is 14.1. The van der Waals surface area contributed by atoms with Crippen molar-refractivity contribution in [3.05, 3.63) is 35.1 Å². The number of hydrogen-bond acceptors (Lipinski definition) is 4. The molecule has 0 aromatic heterocycles. The normalized spacial score (nSPS) is 21.7. The van der Waals surface area contributed by atoms with Gasteiger partial charge >= 0.3 is 0 Å². The molecule has 20 heavy (non-hydrogen) atoms. The van der Waals surface area contributed by atoms with Crippen LogP contribution in [0.3, 0.4) is 0 Å². The Morgan fingerprint density at radius 3 is 3.10 bits per heavy atom. The molecule has 6 heteroatoms. The number of nitrogens with two attached hydrogens (primary N) is 1. The summed E-state index contributed by atoms with van der Waals surface area (Å²) in [7, 11) is 0. The molecular weight excluding hydrogens is 261 g/mol. The first-order valence-corrected chi connectivity index (χ1v) is 6.70. The SMILES string of the molecule is CC1CN(Cc2ccc(C(N)=NO)cc2F)CCCO1. The lowest BCUT2D eigenvalue weighted by Gasteiger charge is -2.22. The largest absolute Gasteiger partial charge is 0.409 e. The number of benzene rings is 1. The number of rotatable bonds is 3. The maximum absolute atomic E-state index is 14.1. The van der Waals surface area contributed by atoms with E-state index in [1.54, 1.807) is 12.1 Å². The molecule has 1 unspecified atom stereocenters. The summed E-state index contributed by atoms with van der Waals surface area (Å²) in [5, 5.41) is 11.5. The van der Waals surface area contributed by atoms with Crippen molar-refractivity contribution < 1.29 is 14.3 Å². The highest BCUT2D eigenvalue weighted by Gasteiger charge is 2.17. The second kappa shape index (κ2) is 6.67. The van der Waals surface area contributed by atoms with E-state index in [9.17, 15) is 4.39 Å². The number of halogens is 1. The molecule has 0 amide bonds. The van der Waals surface area contributed by atoms with Gasteiger partial charge in [-0.05, 0) is 19.4 Å². The molecule has 1 aliphatic rings. The highest BCUT2D eigenvalue weighted by atomic mass is 19.1. The molecule has 1 aliphatic heterocycles. The van der Waals surface area contributed by atoms with E-state index < -0.39 is 0 Å². The average molecular weight is 281 g/mol. The van der Waals surface area contributed by atoms with Crippen molar-refractivity contribution in [2.75, 3.05) is 19.7 Å². The van der Waals surface area contributed by atoms with Crippen molar-refractivity contribution in [2.24, 2.45) is 10.9 Å². The van der Waals surface area contributed by atoms with Crippen LogP contribution in [0.25, 0.3) is 0 Å². The summed E-state index contributed by atoms with van der Waals surface area (Å²) < 4.78 is 19.6. The van der Waals surface area contributed by atoms with Crippen LogP contribution in [0.15, 0.2) is 23.4 Å². The van der Waals surface area contributed by atoms with Crippen molar-refractivity contribution in [3.63, 3.8) is 0 Å². The summed E-state index contributed by atoms with van der Waals surface area (Å²) in [6.07, 6.45) is 1.12. The summed E-state index contributed by atoms with van der Waals surface area (Å²) in [6, 6.07) is 4.63. The summed E-state index contributed by atoms with van der Waals surface area (Å²) in [6.45, 7) is 5.00. The van der Waals surface area contributed by atoms with Gasteiger partial charge in [0.15, 0.2) is 5.84 Å². The van der Waals surface area contributed by atoms with Crippen molar-refractivity contribution >= 4 is 5.84 Å². The first-order chi connectivity index (χ1) is 9.60. The maximum Gasteiger partial charge on any atom is 0.170 e. The van der Waals surface area contributed by atoms with E-state index in [2.05, 4.69) is 10.1 Å². The molecule has 2 rings (SSSR count). The zero-order chi connectivity index (χ0) is 14.5. The first kappa shape index (κ1) is 14.7. The molecule has 1 fully saturated rings. The summed E-state index contributed by atoms with van der Waals surface area (Å²) in [5.41, 5.74) is 6.42. The van der Waals surface area contributed by atoms with Crippen molar-refractivity contribution in [2.45, 2.75) is 26.0 Å². The van der Waals surface area contributed by atoms with Gasteiger partial charge in [-0.15, -0.1) is 0 Å². The molecule has 1 aromatic carbocycles. The second-order valence-corrected chi connectivity index (χ2v) is 5.06. The number of hydrogen-bond donors (Lipinski definition) is 2. The summed E-state index contributed by atoms with van der Waals surface area (Å²) in [5.74, 6) is -0.431. The Morgan fingerprint density at radius 1 is 1.60 bits per heavy atom. The molecule has 1 atom stereocenters. The van der Waals surface area contributed by atoms with Gasteiger partial charge in [0.2, 0.25) is 0 Å². The number of amidine groups is 1. The average Bonchev–Trinajstić information content (AvgIpc) is 2.64. The van der Waals surface area contributed by atoms with Gasteiger partial charge < -0.3 is 15.7 Å². The van der Waals surface area contributed by atoms with Crippen LogP contribution < -0.4 is 5.73 Å². The van der Waals surface area contributed by atoms with Gasteiger partial charge in [-0.2, -0.15) is 0 Å². The van der Waals surface area contributed by atoms with Gasteiger partial charge in [0, 0.05) is 37.4 Å². The topological polar surface area (TPSA) is 71.1 Å². The van der Waals surface area contributed by atoms with E-state index >= 15 is 0 Å². The van der Waals surface area contributed by atoms with Gasteiger partial charge in [-0.1, -0.05) is 17.3 Å². The minimum Gasteiger partial charge on any atom is -0.409 e. The fourth-order valence-corrected chi connectivity index (χ4v) is 2.36. The number of oxime groups is 1. The van der Waals surface area contributed by atoms with Crippen LogP contribution in [-0.2, 0) is 11.3 Å². The molecule has 0 saturated carbocycles. The Balaban J connectivity index is 2.09. The van der Waals surface area contributed by atoms with Crippen LogP contribution in [0, 0.1) is 5.82 Å². The van der Waals surface area contributed by atoms with Gasteiger partial charge in [0.05, 0.1) is 6.10 Å². The second-order valence-electron chi connectivity index (χ2n) is 5.06. The summed E-state index contributed by atoms with van der Waals surface area (Å²) in [4.78, 5) is 2.18. The zero-order valence-electron chi connectivity index (χ0n) is 11.6. The molecule has 1 saturated heterocycles. The van der Waals surface area contributed by atoms with E-state index in [-0.39, 0.29) is 17.8 Å². The third kappa shape index (κ3) is 3.68. The minimum atomic E-state index is -0.341. The molecule has 0 bridgehead atoms. The highest BCUT2D eigenvalue weighted by molar-refractivity contribution is 5.97. The van der Waals surface area contributed by atoms with Crippen LogP contribution >= 0.6 is 0 Å². The Kier molecular flexibility index (Phi) is 4.92. The van der Waals surface area contributed by atoms with E-state index in [1.165, 1.54) is 6.07 Å². The Hall–Kier alpha value is -1.66. The van der Waals surface area contributed by atoms with Crippen LogP contribution in [0.2, 0.25) is 0 Å². The van der Waals surface area contributed by atoms with Gasteiger partial charge in [-0.25, -0.2) is 4.39 Å². The van der Waals surface area contributed by atoms with Gasteiger partial charge in [0.25, 0.3) is 0 Å². The molecule has 3 N–H and O–H groups in total. The predicted molar refractivity (Wildman–Crippen MR) is 74.2 cm³/mol. The molecule has 0 radical (unpaired) electrons.